The van der Waals surface area contributed by atoms with Crippen LogP contribution in [0, 0.1) is 0 Å². The van der Waals surface area contributed by atoms with Gasteiger partial charge in [0.2, 0.25) is 5.91 Å². The molecule has 1 aromatic carbocycles. The van der Waals surface area contributed by atoms with Crippen molar-refractivity contribution < 1.29 is 18.0 Å². The molecule has 0 aromatic heterocycles. The van der Waals surface area contributed by atoms with E-state index in [1.165, 1.54) is 12.1 Å². The van der Waals surface area contributed by atoms with E-state index in [2.05, 4.69) is 26.6 Å². The number of amides is 1. The predicted octanol–water partition coefficient (Wildman–Crippen LogP) is 3.79. The summed E-state index contributed by atoms with van der Waals surface area (Å²) in [5.74, 6) is -0.283. The van der Waals surface area contributed by atoms with Gasteiger partial charge in [0.25, 0.3) is 0 Å². The molecule has 20 heavy (non-hydrogen) atoms. The van der Waals surface area contributed by atoms with E-state index in [4.69, 9.17) is 0 Å². The van der Waals surface area contributed by atoms with E-state index < -0.39 is 11.7 Å². The minimum atomic E-state index is -4.44. The number of benzene rings is 1. The van der Waals surface area contributed by atoms with Crippen LogP contribution in [0.25, 0.3) is 0 Å². The third kappa shape index (κ3) is 5.40. The molecule has 1 amide bonds. The summed E-state index contributed by atoms with van der Waals surface area (Å²) in [6.07, 6.45) is -4.44. The second kappa shape index (κ2) is 6.03. The van der Waals surface area contributed by atoms with Gasteiger partial charge in [-0.15, -0.1) is 0 Å². The standard InChI is InChI=1S/C13H16BrF3N2O/c1-12(2,3)19-11(20)7-18-8-4-5-10(14)9(6-8)13(15,16)17/h4-6,18H,7H2,1-3H3,(H,19,20). The lowest BCUT2D eigenvalue weighted by Crippen LogP contribution is -2.43. The van der Waals surface area contributed by atoms with Gasteiger partial charge in [-0.2, -0.15) is 13.2 Å². The Bertz CT molecular complexity index is 495. The SMILES string of the molecule is CC(C)(C)NC(=O)CNc1ccc(Br)c(C(F)(F)F)c1. The monoisotopic (exact) mass is 352 g/mol. The molecule has 7 heteroatoms. The second-order valence-corrected chi connectivity index (χ2v) is 6.20. The minimum Gasteiger partial charge on any atom is -0.376 e. The van der Waals surface area contributed by atoms with Crippen LogP contribution in [0.15, 0.2) is 22.7 Å². The molecular formula is C13H16BrF3N2O. The van der Waals surface area contributed by atoms with Gasteiger partial charge in [0.1, 0.15) is 0 Å². The topological polar surface area (TPSA) is 41.1 Å². The number of carbonyl (C=O) groups excluding carboxylic acids is 1. The molecular weight excluding hydrogens is 337 g/mol. The van der Waals surface area contributed by atoms with E-state index in [0.29, 0.717) is 0 Å². The van der Waals surface area contributed by atoms with Gasteiger partial charge < -0.3 is 10.6 Å². The lowest BCUT2D eigenvalue weighted by atomic mass is 10.1. The van der Waals surface area contributed by atoms with Gasteiger partial charge in [0, 0.05) is 15.7 Å². The molecule has 0 radical (unpaired) electrons. The number of hydrogen-bond acceptors (Lipinski definition) is 2. The number of alkyl halides is 3. The predicted molar refractivity (Wildman–Crippen MR) is 75.5 cm³/mol. The fourth-order valence-electron chi connectivity index (χ4n) is 1.50. The highest BCUT2D eigenvalue weighted by molar-refractivity contribution is 9.10. The van der Waals surface area contributed by atoms with E-state index in [0.717, 1.165) is 6.07 Å². The maximum absolute atomic E-state index is 12.7. The molecule has 0 aliphatic heterocycles. The number of nitrogens with one attached hydrogen (secondary N) is 2. The molecule has 0 spiro atoms. The zero-order valence-corrected chi connectivity index (χ0v) is 12.9. The summed E-state index contributed by atoms with van der Waals surface area (Å²) in [5, 5.41) is 5.39. The molecule has 3 nitrogen and oxygen atoms in total. The van der Waals surface area contributed by atoms with Gasteiger partial charge in [0.05, 0.1) is 12.1 Å². The second-order valence-electron chi connectivity index (χ2n) is 5.34. The summed E-state index contributed by atoms with van der Waals surface area (Å²) in [5.41, 5.74) is -0.918. The van der Waals surface area contributed by atoms with E-state index in [1.54, 1.807) is 0 Å². The zero-order chi connectivity index (χ0) is 15.6. The summed E-state index contributed by atoms with van der Waals surface area (Å²) < 4.78 is 38.1. The molecule has 112 valence electrons. The van der Waals surface area contributed by atoms with Crippen LogP contribution in [0.2, 0.25) is 0 Å². The average molecular weight is 353 g/mol. The van der Waals surface area contributed by atoms with Crippen molar-refractivity contribution in [2.45, 2.75) is 32.5 Å². The highest BCUT2D eigenvalue weighted by Crippen LogP contribution is 2.36. The van der Waals surface area contributed by atoms with Gasteiger partial charge in [-0.05, 0) is 39.0 Å². The summed E-state index contributed by atoms with van der Waals surface area (Å²) in [6, 6.07) is 3.74. The van der Waals surface area contributed by atoms with Crippen LogP contribution in [-0.4, -0.2) is 18.0 Å². The van der Waals surface area contributed by atoms with Gasteiger partial charge >= 0.3 is 6.18 Å². The highest BCUT2D eigenvalue weighted by atomic mass is 79.9. The summed E-state index contributed by atoms with van der Waals surface area (Å²) in [7, 11) is 0. The van der Waals surface area contributed by atoms with Crippen molar-refractivity contribution in [3.63, 3.8) is 0 Å². The van der Waals surface area contributed by atoms with Crippen LogP contribution in [0.4, 0.5) is 18.9 Å². The third-order valence-corrected chi connectivity index (χ3v) is 2.93. The van der Waals surface area contributed by atoms with Crippen molar-refractivity contribution in [2.75, 3.05) is 11.9 Å². The fourth-order valence-corrected chi connectivity index (χ4v) is 1.97. The molecule has 0 aliphatic rings. The highest BCUT2D eigenvalue weighted by Gasteiger charge is 2.33. The van der Waals surface area contributed by atoms with Gasteiger partial charge in [0.15, 0.2) is 0 Å². The van der Waals surface area contributed by atoms with Gasteiger partial charge in [-0.3, -0.25) is 4.79 Å². The van der Waals surface area contributed by atoms with Gasteiger partial charge in [-0.1, -0.05) is 15.9 Å². The number of carbonyl (C=O) groups is 1. The van der Waals surface area contributed by atoms with Crippen LogP contribution in [0.3, 0.4) is 0 Å². The van der Waals surface area contributed by atoms with Crippen molar-refractivity contribution in [3.05, 3.63) is 28.2 Å². The first-order valence-electron chi connectivity index (χ1n) is 5.91. The molecule has 0 bridgehead atoms. The molecule has 0 atom stereocenters. The van der Waals surface area contributed by atoms with E-state index in [9.17, 15) is 18.0 Å². The van der Waals surface area contributed by atoms with E-state index >= 15 is 0 Å². The zero-order valence-electron chi connectivity index (χ0n) is 11.4. The van der Waals surface area contributed by atoms with Crippen molar-refractivity contribution >= 4 is 27.5 Å². The Kier molecular flexibility index (Phi) is 5.07. The first-order chi connectivity index (χ1) is 8.99. The van der Waals surface area contributed by atoms with Crippen LogP contribution < -0.4 is 10.6 Å². The van der Waals surface area contributed by atoms with Gasteiger partial charge in [-0.25, -0.2) is 0 Å². The smallest absolute Gasteiger partial charge is 0.376 e. The lowest BCUT2D eigenvalue weighted by molar-refractivity contribution is -0.138. The Morgan fingerprint density at radius 3 is 2.35 bits per heavy atom. The number of halogens is 4. The molecule has 0 aliphatic carbocycles. The Balaban J connectivity index is 2.73. The molecule has 0 unspecified atom stereocenters. The van der Waals surface area contributed by atoms with Crippen molar-refractivity contribution in [1.82, 2.24) is 5.32 Å². The quantitative estimate of drug-likeness (QED) is 0.868. The fraction of sp³-hybridized carbons (Fsp3) is 0.462. The van der Waals surface area contributed by atoms with Crippen molar-refractivity contribution in [1.29, 1.82) is 0 Å². The number of rotatable bonds is 3. The minimum absolute atomic E-state index is 0.0327. The molecule has 0 saturated carbocycles. The van der Waals surface area contributed by atoms with Crippen LogP contribution >= 0.6 is 15.9 Å². The molecule has 0 fully saturated rings. The van der Waals surface area contributed by atoms with E-state index in [1.807, 2.05) is 20.8 Å². The van der Waals surface area contributed by atoms with Crippen LogP contribution in [0.5, 0.6) is 0 Å². The molecule has 1 aromatic rings. The molecule has 1 rings (SSSR count). The maximum atomic E-state index is 12.7. The molecule has 2 N–H and O–H groups in total. The number of hydrogen-bond donors (Lipinski definition) is 2. The first-order valence-corrected chi connectivity index (χ1v) is 6.70. The average Bonchev–Trinajstić information content (AvgIpc) is 2.24. The molecule has 0 saturated heterocycles. The Morgan fingerprint density at radius 2 is 1.85 bits per heavy atom. The largest absolute Gasteiger partial charge is 0.417 e. The first kappa shape index (κ1) is 16.8. The third-order valence-electron chi connectivity index (χ3n) is 2.24. The lowest BCUT2D eigenvalue weighted by Gasteiger charge is -2.21. The maximum Gasteiger partial charge on any atom is 0.417 e. The Morgan fingerprint density at radius 1 is 1.25 bits per heavy atom. The summed E-state index contributed by atoms with van der Waals surface area (Å²) in [6.45, 7) is 5.39. The molecule has 0 heterocycles. The summed E-state index contributed by atoms with van der Waals surface area (Å²) >= 11 is 2.86. The van der Waals surface area contributed by atoms with Crippen molar-refractivity contribution in [2.24, 2.45) is 0 Å². The van der Waals surface area contributed by atoms with Crippen LogP contribution in [-0.2, 0) is 11.0 Å². The Labute approximate surface area is 124 Å². The Hall–Kier alpha value is -1.24. The summed E-state index contributed by atoms with van der Waals surface area (Å²) in [4.78, 5) is 11.6. The van der Waals surface area contributed by atoms with E-state index in [-0.39, 0.29) is 28.2 Å². The number of anilines is 1. The normalized spacial score (nSPS) is 12.2. The van der Waals surface area contributed by atoms with Crippen molar-refractivity contribution in [3.8, 4) is 0 Å². The van der Waals surface area contributed by atoms with Crippen LogP contribution in [0.1, 0.15) is 26.3 Å².